The number of phenolic OH excluding ortho intramolecular Hbond substituents is 1. The second kappa shape index (κ2) is 10.8. The maximum atomic E-state index is 13.4. The van der Waals surface area contributed by atoms with Gasteiger partial charge in [-0.2, -0.15) is 0 Å². The van der Waals surface area contributed by atoms with Gasteiger partial charge in [-0.25, -0.2) is 4.39 Å². The maximum Gasteiger partial charge on any atom is 0.291 e. The summed E-state index contributed by atoms with van der Waals surface area (Å²) in [6.45, 7) is 3.44. The van der Waals surface area contributed by atoms with Gasteiger partial charge in [-0.1, -0.05) is 17.2 Å². The second-order valence-corrected chi connectivity index (χ2v) is 7.96. The molecule has 0 aliphatic rings. The predicted molar refractivity (Wildman–Crippen MR) is 125 cm³/mol. The largest absolute Gasteiger partial charge is 0.508 e. The van der Waals surface area contributed by atoms with Crippen molar-refractivity contribution in [3.63, 3.8) is 0 Å². The van der Waals surface area contributed by atoms with Crippen molar-refractivity contribution in [1.29, 1.82) is 0 Å². The van der Waals surface area contributed by atoms with Crippen LogP contribution in [0.15, 0.2) is 62.9 Å². The Morgan fingerprint density at radius 1 is 1.15 bits per heavy atom. The standard InChI is InChI=1S/C24H22ClFN2O6/c1-13(2)19(7-8-27-23(31)12-33-15-4-5-17(25)18(26)10-15)28-24(32)22-11-20(30)16-9-14(29)3-6-21(16)34-22/h3-6,9-11,29H,7-8,12H2,1-2H3,(H,27,31)(H,28,32). The molecule has 0 spiro atoms. The van der Waals surface area contributed by atoms with Crippen molar-refractivity contribution in [1.82, 2.24) is 10.6 Å². The van der Waals surface area contributed by atoms with Gasteiger partial charge < -0.3 is 24.9 Å². The van der Waals surface area contributed by atoms with Gasteiger partial charge >= 0.3 is 0 Å². The average molecular weight is 489 g/mol. The molecular formula is C24H22ClFN2O6. The van der Waals surface area contributed by atoms with E-state index in [2.05, 4.69) is 10.6 Å². The number of rotatable bonds is 8. The fourth-order valence-electron chi connectivity index (χ4n) is 2.99. The molecule has 8 nitrogen and oxygen atoms in total. The third-order valence-electron chi connectivity index (χ3n) is 4.76. The van der Waals surface area contributed by atoms with Crippen LogP contribution in [0.3, 0.4) is 0 Å². The van der Waals surface area contributed by atoms with Gasteiger partial charge in [0.1, 0.15) is 22.9 Å². The highest BCUT2D eigenvalue weighted by Gasteiger charge is 2.15. The van der Waals surface area contributed by atoms with Crippen LogP contribution in [0.1, 0.15) is 30.8 Å². The van der Waals surface area contributed by atoms with E-state index in [9.17, 15) is 23.9 Å². The maximum absolute atomic E-state index is 13.4. The second-order valence-electron chi connectivity index (χ2n) is 7.55. The zero-order valence-electron chi connectivity index (χ0n) is 18.4. The minimum absolute atomic E-state index is 0.0460. The van der Waals surface area contributed by atoms with E-state index in [0.717, 1.165) is 17.7 Å². The number of carbonyl (C=O) groups excluding carboxylic acids is 2. The van der Waals surface area contributed by atoms with Gasteiger partial charge in [-0.05, 0) is 44.2 Å². The summed E-state index contributed by atoms with van der Waals surface area (Å²) in [5, 5.41) is 15.0. The quantitative estimate of drug-likeness (QED) is 0.442. The first-order valence-electron chi connectivity index (χ1n) is 10.2. The molecule has 0 unspecified atom stereocenters. The lowest BCUT2D eigenvalue weighted by Crippen LogP contribution is -2.32. The number of halogens is 2. The molecule has 0 radical (unpaired) electrons. The van der Waals surface area contributed by atoms with E-state index in [4.69, 9.17) is 20.8 Å². The Labute approximate surface area is 199 Å². The number of hydrogen-bond donors (Lipinski definition) is 3. The van der Waals surface area contributed by atoms with E-state index in [1.165, 1.54) is 30.3 Å². The Bertz CT molecular complexity index is 1330. The van der Waals surface area contributed by atoms with Crippen LogP contribution in [0.2, 0.25) is 5.02 Å². The summed E-state index contributed by atoms with van der Waals surface area (Å²) in [6.07, 6.45) is 0.293. The number of amides is 2. The van der Waals surface area contributed by atoms with Gasteiger partial charge in [-0.3, -0.25) is 14.4 Å². The smallest absolute Gasteiger partial charge is 0.291 e. The number of hydrogen-bond acceptors (Lipinski definition) is 6. The number of nitrogens with one attached hydrogen (secondary N) is 2. The highest BCUT2D eigenvalue weighted by molar-refractivity contribution is 6.30. The third-order valence-corrected chi connectivity index (χ3v) is 5.07. The monoisotopic (exact) mass is 488 g/mol. The highest BCUT2D eigenvalue weighted by Crippen LogP contribution is 2.20. The topological polar surface area (TPSA) is 118 Å². The Morgan fingerprint density at radius 3 is 2.62 bits per heavy atom. The minimum Gasteiger partial charge on any atom is -0.508 e. The van der Waals surface area contributed by atoms with Gasteiger partial charge in [0, 0.05) is 30.8 Å². The summed E-state index contributed by atoms with van der Waals surface area (Å²) in [6, 6.07) is 8.93. The number of carbonyl (C=O) groups is 2. The van der Waals surface area contributed by atoms with E-state index >= 15 is 0 Å². The zero-order valence-corrected chi connectivity index (χ0v) is 19.2. The molecule has 0 saturated heterocycles. The molecule has 34 heavy (non-hydrogen) atoms. The van der Waals surface area contributed by atoms with Gasteiger partial charge in [0.15, 0.2) is 17.8 Å². The highest BCUT2D eigenvalue weighted by atomic mass is 35.5. The molecule has 0 fully saturated rings. The Balaban J connectivity index is 1.56. The van der Waals surface area contributed by atoms with Crippen molar-refractivity contribution >= 4 is 34.4 Å². The van der Waals surface area contributed by atoms with Gasteiger partial charge in [-0.15, -0.1) is 0 Å². The molecule has 0 aliphatic carbocycles. The van der Waals surface area contributed by atoms with Gasteiger partial charge in [0.2, 0.25) is 0 Å². The Kier molecular flexibility index (Phi) is 7.91. The van der Waals surface area contributed by atoms with Crippen molar-refractivity contribution in [2.24, 2.45) is 0 Å². The van der Waals surface area contributed by atoms with Crippen molar-refractivity contribution < 1.29 is 28.2 Å². The molecule has 1 aromatic heterocycles. The first kappa shape index (κ1) is 24.8. The third kappa shape index (κ3) is 6.35. The molecule has 0 aliphatic heterocycles. The first-order valence-corrected chi connectivity index (χ1v) is 10.6. The van der Waals surface area contributed by atoms with E-state index in [-0.39, 0.29) is 46.4 Å². The van der Waals surface area contributed by atoms with E-state index in [1.54, 1.807) is 13.8 Å². The average Bonchev–Trinajstić information content (AvgIpc) is 2.79. The van der Waals surface area contributed by atoms with Crippen LogP contribution >= 0.6 is 11.6 Å². The summed E-state index contributed by atoms with van der Waals surface area (Å²) < 4.78 is 24.2. The summed E-state index contributed by atoms with van der Waals surface area (Å²) in [4.78, 5) is 37.0. The van der Waals surface area contributed by atoms with Crippen LogP contribution in [0.5, 0.6) is 11.5 Å². The molecule has 0 bridgehead atoms. The molecule has 0 atom stereocenters. The molecule has 3 rings (SSSR count). The summed E-state index contributed by atoms with van der Waals surface area (Å²) >= 11 is 5.61. The van der Waals surface area contributed by atoms with Crippen LogP contribution in [0.25, 0.3) is 11.0 Å². The number of aromatic hydroxyl groups is 1. The summed E-state index contributed by atoms with van der Waals surface area (Å²) in [7, 11) is 0. The van der Waals surface area contributed by atoms with Crippen LogP contribution in [-0.4, -0.2) is 30.1 Å². The molecule has 178 valence electrons. The van der Waals surface area contributed by atoms with Gasteiger partial charge in [0.05, 0.1) is 10.4 Å². The molecule has 10 heteroatoms. The lowest BCUT2D eigenvalue weighted by Gasteiger charge is -2.13. The minimum atomic E-state index is -0.649. The lowest BCUT2D eigenvalue weighted by molar-refractivity contribution is -0.123. The Morgan fingerprint density at radius 2 is 1.91 bits per heavy atom. The van der Waals surface area contributed by atoms with Crippen molar-refractivity contribution in [3.05, 3.63) is 80.6 Å². The van der Waals surface area contributed by atoms with Crippen LogP contribution in [0.4, 0.5) is 4.39 Å². The molecule has 0 saturated carbocycles. The molecular weight excluding hydrogens is 467 g/mol. The normalized spacial score (nSPS) is 10.6. The molecule has 1 heterocycles. The zero-order chi connectivity index (χ0) is 24.8. The number of benzene rings is 2. The fourth-order valence-corrected chi connectivity index (χ4v) is 3.10. The fraction of sp³-hybridized carbons (Fsp3) is 0.208. The summed E-state index contributed by atoms with van der Waals surface area (Å²) in [5.74, 6) is -1.81. The van der Waals surface area contributed by atoms with Crippen molar-refractivity contribution in [3.8, 4) is 11.5 Å². The van der Waals surface area contributed by atoms with Crippen molar-refractivity contribution in [2.75, 3.05) is 13.2 Å². The van der Waals surface area contributed by atoms with Crippen LogP contribution in [0, 0.1) is 5.82 Å². The molecule has 3 aromatic rings. The SMILES string of the molecule is CC(C)=C(CCNC(=O)COc1ccc(Cl)c(F)c1)NC(=O)c1cc(=O)c2cc(O)ccc2o1. The Hall–Kier alpha value is -3.85. The molecule has 3 N–H and O–H groups in total. The van der Waals surface area contributed by atoms with E-state index < -0.39 is 23.1 Å². The van der Waals surface area contributed by atoms with Crippen molar-refractivity contribution in [2.45, 2.75) is 20.3 Å². The predicted octanol–water partition coefficient (Wildman–Crippen LogP) is 3.90. The molecule has 2 aromatic carbocycles. The first-order chi connectivity index (χ1) is 16.1. The van der Waals surface area contributed by atoms with Crippen LogP contribution < -0.4 is 20.8 Å². The number of phenols is 1. The van der Waals surface area contributed by atoms with Gasteiger partial charge in [0.25, 0.3) is 11.8 Å². The van der Waals surface area contributed by atoms with E-state index in [1.807, 2.05) is 0 Å². The van der Waals surface area contributed by atoms with E-state index in [0.29, 0.717) is 12.1 Å². The molecule has 2 amide bonds. The number of ether oxygens (including phenoxy) is 1. The van der Waals surface area contributed by atoms with Crippen LogP contribution in [-0.2, 0) is 4.79 Å². The summed E-state index contributed by atoms with van der Waals surface area (Å²) in [5.41, 5.74) is 1.04. The lowest BCUT2D eigenvalue weighted by atomic mass is 10.2. The number of fused-ring (bicyclic) bond motifs is 1. The number of allylic oxidation sites excluding steroid dienone is 1.